The highest BCUT2D eigenvalue weighted by molar-refractivity contribution is 7.92. The van der Waals surface area contributed by atoms with E-state index in [1.54, 1.807) is 22.7 Å². The van der Waals surface area contributed by atoms with E-state index in [0.717, 1.165) is 11.8 Å². The number of carbonyl (C=O) groups is 1. The highest BCUT2D eigenvalue weighted by Crippen LogP contribution is 2.41. The van der Waals surface area contributed by atoms with E-state index in [1.807, 2.05) is 44.2 Å². The van der Waals surface area contributed by atoms with Crippen molar-refractivity contribution in [1.29, 1.82) is 0 Å². The van der Waals surface area contributed by atoms with Gasteiger partial charge < -0.3 is 9.73 Å². The van der Waals surface area contributed by atoms with Crippen LogP contribution in [0, 0.1) is 5.82 Å². The summed E-state index contributed by atoms with van der Waals surface area (Å²) in [4.78, 5) is 13.1. The van der Waals surface area contributed by atoms with Crippen LogP contribution in [-0.2, 0) is 21.0 Å². The van der Waals surface area contributed by atoms with Gasteiger partial charge in [0.25, 0.3) is 5.91 Å². The minimum atomic E-state index is -3.80. The topological polar surface area (TPSA) is 99.9 Å². The van der Waals surface area contributed by atoms with Crippen molar-refractivity contribution in [1.82, 2.24) is 9.62 Å². The Hall–Kier alpha value is -3.54. The standard InChI is InChI=1S/C29H32FN3O5S2/c1-19(2)32(39(4)35)15-16-33(40(5,36)37)25-18-26-24(17-23(25)20-9-7-6-8-10-20)27(29(34)31-3)28(38-26)21-11-13-22(30)14-12-21/h6-14,17-19H,15-16H2,1-5H3,(H,31,34). The van der Waals surface area contributed by atoms with E-state index in [0.29, 0.717) is 27.8 Å². The van der Waals surface area contributed by atoms with Gasteiger partial charge in [0.2, 0.25) is 10.0 Å². The molecule has 212 valence electrons. The highest BCUT2D eigenvalue weighted by Gasteiger charge is 2.28. The predicted octanol–water partition coefficient (Wildman–Crippen LogP) is 5.04. The number of anilines is 1. The molecule has 0 bridgehead atoms. The fourth-order valence-corrected chi connectivity index (χ4v) is 6.53. The fraction of sp³-hybridized carbons (Fsp3) is 0.276. The average molecular weight is 586 g/mol. The summed E-state index contributed by atoms with van der Waals surface area (Å²) in [7, 11) is -3.60. The second kappa shape index (κ2) is 11.9. The maximum absolute atomic E-state index is 13.7. The summed E-state index contributed by atoms with van der Waals surface area (Å²) in [6.07, 6.45) is 2.68. The molecule has 1 aromatic heterocycles. The van der Waals surface area contributed by atoms with Gasteiger partial charge in [-0.05, 0) is 49.7 Å². The molecule has 0 aliphatic heterocycles. The van der Waals surface area contributed by atoms with Crippen molar-refractivity contribution in [3.8, 4) is 22.5 Å². The van der Waals surface area contributed by atoms with E-state index < -0.39 is 32.7 Å². The SMILES string of the molecule is CNC(=O)c1c(-c2ccc(F)cc2)oc2cc(N(CCN(C(C)C)S(C)=O)S(C)(=O)=O)c(-c3ccccc3)cc12. The molecule has 0 saturated heterocycles. The van der Waals surface area contributed by atoms with E-state index in [1.165, 1.54) is 35.6 Å². The van der Waals surface area contributed by atoms with Crippen molar-refractivity contribution >= 4 is 43.6 Å². The quantitative estimate of drug-likeness (QED) is 0.281. The number of carbonyl (C=O) groups excluding carboxylic acids is 1. The normalized spacial score (nSPS) is 12.7. The van der Waals surface area contributed by atoms with Crippen LogP contribution < -0.4 is 9.62 Å². The summed E-state index contributed by atoms with van der Waals surface area (Å²) < 4.78 is 61.5. The van der Waals surface area contributed by atoms with Crippen molar-refractivity contribution in [2.75, 3.05) is 37.0 Å². The van der Waals surface area contributed by atoms with Crippen LogP contribution in [0.2, 0.25) is 0 Å². The molecule has 4 rings (SSSR count). The number of benzene rings is 3. The van der Waals surface area contributed by atoms with Gasteiger partial charge in [0.1, 0.15) is 17.2 Å². The van der Waals surface area contributed by atoms with Crippen LogP contribution in [0.1, 0.15) is 24.2 Å². The summed E-state index contributed by atoms with van der Waals surface area (Å²) in [5, 5.41) is 3.12. The second-order valence-corrected chi connectivity index (χ2v) is 12.8. The Morgan fingerprint density at radius 2 is 1.68 bits per heavy atom. The second-order valence-electron chi connectivity index (χ2n) is 9.62. The minimum absolute atomic E-state index is 0.0375. The summed E-state index contributed by atoms with van der Waals surface area (Å²) in [5.41, 5.74) is 2.71. The molecule has 0 spiro atoms. The monoisotopic (exact) mass is 585 g/mol. The van der Waals surface area contributed by atoms with E-state index in [2.05, 4.69) is 5.32 Å². The third-order valence-corrected chi connectivity index (χ3v) is 8.99. The summed E-state index contributed by atoms with van der Waals surface area (Å²) >= 11 is 0. The predicted molar refractivity (Wildman–Crippen MR) is 159 cm³/mol. The number of fused-ring (bicyclic) bond motifs is 1. The maximum Gasteiger partial charge on any atom is 0.255 e. The Bertz CT molecular complexity index is 1650. The van der Waals surface area contributed by atoms with Crippen molar-refractivity contribution in [2.24, 2.45) is 0 Å². The Morgan fingerprint density at radius 1 is 1.02 bits per heavy atom. The first-order chi connectivity index (χ1) is 18.9. The van der Waals surface area contributed by atoms with Crippen molar-refractivity contribution in [2.45, 2.75) is 19.9 Å². The lowest BCUT2D eigenvalue weighted by Crippen LogP contribution is -2.41. The summed E-state index contributed by atoms with van der Waals surface area (Å²) in [5.74, 6) is -0.589. The number of hydrogen-bond donors (Lipinski definition) is 1. The van der Waals surface area contributed by atoms with E-state index in [9.17, 15) is 21.8 Å². The molecule has 0 aliphatic rings. The molecule has 1 N–H and O–H groups in total. The largest absolute Gasteiger partial charge is 0.455 e. The van der Waals surface area contributed by atoms with Gasteiger partial charge in [0.15, 0.2) is 0 Å². The zero-order valence-electron chi connectivity index (χ0n) is 23.0. The molecule has 0 aliphatic carbocycles. The number of sulfonamides is 1. The number of halogens is 1. The third kappa shape index (κ3) is 6.11. The molecule has 0 radical (unpaired) electrons. The van der Waals surface area contributed by atoms with Crippen molar-refractivity contribution in [3.05, 3.63) is 78.1 Å². The lowest BCUT2D eigenvalue weighted by atomic mass is 9.98. The first-order valence-electron chi connectivity index (χ1n) is 12.6. The van der Waals surface area contributed by atoms with Crippen LogP contribution in [0.25, 0.3) is 33.4 Å². The minimum Gasteiger partial charge on any atom is -0.455 e. The molecular weight excluding hydrogens is 553 g/mol. The summed E-state index contributed by atoms with van der Waals surface area (Å²) in [6, 6.07) is 18.1. The van der Waals surface area contributed by atoms with Crippen LogP contribution in [0.3, 0.4) is 0 Å². The molecule has 1 amide bonds. The number of nitrogens with zero attached hydrogens (tertiary/aromatic N) is 2. The molecule has 1 atom stereocenters. The molecular formula is C29H32FN3O5S2. The molecule has 4 aromatic rings. The number of furan rings is 1. The number of nitrogens with one attached hydrogen (secondary N) is 1. The van der Waals surface area contributed by atoms with Gasteiger partial charge in [-0.25, -0.2) is 21.3 Å². The van der Waals surface area contributed by atoms with Gasteiger partial charge >= 0.3 is 0 Å². The number of rotatable bonds is 10. The van der Waals surface area contributed by atoms with E-state index in [4.69, 9.17) is 4.42 Å². The van der Waals surface area contributed by atoms with Crippen LogP contribution in [0.5, 0.6) is 0 Å². The number of hydrogen-bond acceptors (Lipinski definition) is 5. The fourth-order valence-electron chi connectivity index (χ4n) is 4.68. The highest BCUT2D eigenvalue weighted by atomic mass is 32.2. The summed E-state index contributed by atoms with van der Waals surface area (Å²) in [6.45, 7) is 4.06. The Labute approximate surface area is 236 Å². The van der Waals surface area contributed by atoms with Crippen LogP contribution >= 0.6 is 0 Å². The lowest BCUT2D eigenvalue weighted by Gasteiger charge is -2.29. The van der Waals surface area contributed by atoms with Gasteiger partial charge in [0, 0.05) is 55.0 Å². The Morgan fingerprint density at radius 3 is 2.23 bits per heavy atom. The van der Waals surface area contributed by atoms with Gasteiger partial charge in [-0.2, -0.15) is 0 Å². The average Bonchev–Trinajstić information content (AvgIpc) is 3.28. The van der Waals surface area contributed by atoms with E-state index >= 15 is 0 Å². The Kier molecular flexibility index (Phi) is 8.77. The van der Waals surface area contributed by atoms with Crippen molar-refractivity contribution < 1.29 is 26.2 Å². The van der Waals surface area contributed by atoms with Crippen LogP contribution in [0.15, 0.2) is 71.1 Å². The van der Waals surface area contributed by atoms with Gasteiger partial charge in [-0.15, -0.1) is 0 Å². The zero-order valence-corrected chi connectivity index (χ0v) is 24.6. The van der Waals surface area contributed by atoms with Crippen LogP contribution in [0.4, 0.5) is 10.1 Å². The van der Waals surface area contributed by atoms with Gasteiger partial charge in [0.05, 0.1) is 28.5 Å². The molecule has 1 heterocycles. The molecule has 40 heavy (non-hydrogen) atoms. The molecule has 11 heteroatoms. The molecule has 0 fully saturated rings. The molecule has 3 aromatic carbocycles. The molecule has 1 unspecified atom stereocenters. The zero-order chi connectivity index (χ0) is 29.2. The first kappa shape index (κ1) is 29.4. The molecule has 8 nitrogen and oxygen atoms in total. The van der Waals surface area contributed by atoms with Gasteiger partial charge in [-0.3, -0.25) is 9.10 Å². The third-order valence-electron chi connectivity index (χ3n) is 6.55. The Balaban J connectivity index is 1.99. The number of amides is 1. The molecule has 0 saturated carbocycles. The van der Waals surface area contributed by atoms with Crippen molar-refractivity contribution in [3.63, 3.8) is 0 Å². The van der Waals surface area contributed by atoms with Gasteiger partial charge in [-0.1, -0.05) is 30.3 Å². The van der Waals surface area contributed by atoms with Crippen LogP contribution in [-0.4, -0.2) is 61.5 Å². The first-order valence-corrected chi connectivity index (χ1v) is 16.0. The van der Waals surface area contributed by atoms with E-state index in [-0.39, 0.29) is 30.5 Å². The lowest BCUT2D eigenvalue weighted by molar-refractivity contribution is 0.0964. The maximum atomic E-state index is 13.7. The smallest absolute Gasteiger partial charge is 0.255 e.